The number of aromatic carboxylic acids is 1. The number of carboxylic acid groups (broad SMARTS) is 1. The van der Waals surface area contributed by atoms with Crippen LogP contribution in [-0.2, 0) is 71.3 Å². The Kier molecular flexibility index (Phi) is 11.0. The zero-order valence-corrected chi connectivity index (χ0v) is 22.5. The molecule has 2 heterocycles. The predicted octanol–water partition coefficient (Wildman–Crippen LogP) is 5.12. The molecule has 0 aliphatic rings. The SMILES string of the molecule is Cc1cc(C(=O)O)c2c[c-]ccc2n1.Cc1cc(CCl)c2c[c-]ccc2n1.[Y].[Y]. The van der Waals surface area contributed by atoms with Gasteiger partial charge in [-0.1, -0.05) is 10.9 Å². The number of carboxylic acids is 1. The summed E-state index contributed by atoms with van der Waals surface area (Å²) in [6, 6.07) is 20.3. The zero-order valence-electron chi connectivity index (χ0n) is 16.1. The van der Waals surface area contributed by atoms with Crippen LogP contribution in [0.25, 0.3) is 21.8 Å². The molecule has 4 aromatic rings. The summed E-state index contributed by atoms with van der Waals surface area (Å²) in [5.74, 6) is -0.405. The van der Waals surface area contributed by atoms with Crippen molar-refractivity contribution in [3.8, 4) is 0 Å². The van der Waals surface area contributed by atoms with Crippen LogP contribution in [-0.4, -0.2) is 21.0 Å². The Morgan fingerprint density at radius 3 is 2.03 bits per heavy atom. The number of pyridine rings is 2. The third-order valence-corrected chi connectivity index (χ3v) is 4.31. The summed E-state index contributed by atoms with van der Waals surface area (Å²) >= 11 is 5.84. The molecule has 0 atom stereocenters. The number of rotatable bonds is 2. The molecule has 0 saturated carbocycles. The van der Waals surface area contributed by atoms with Gasteiger partial charge in [0.05, 0.1) is 0 Å². The molecule has 2 aromatic heterocycles. The van der Waals surface area contributed by atoms with Crippen molar-refractivity contribution in [3.63, 3.8) is 0 Å². The Morgan fingerprint density at radius 2 is 1.48 bits per heavy atom. The van der Waals surface area contributed by atoms with E-state index in [0.717, 1.165) is 22.2 Å². The van der Waals surface area contributed by atoms with E-state index in [-0.39, 0.29) is 71.0 Å². The van der Waals surface area contributed by atoms with Gasteiger partial charge in [0.15, 0.2) is 0 Å². The maximum atomic E-state index is 10.9. The summed E-state index contributed by atoms with van der Waals surface area (Å²) in [6.45, 7) is 3.76. The van der Waals surface area contributed by atoms with Gasteiger partial charge in [-0.2, -0.15) is 36.4 Å². The van der Waals surface area contributed by atoms with Crippen molar-refractivity contribution >= 4 is 39.4 Å². The van der Waals surface area contributed by atoms with Crippen molar-refractivity contribution in [3.05, 3.63) is 83.2 Å². The van der Waals surface area contributed by atoms with Gasteiger partial charge in [0, 0.05) is 88.2 Å². The van der Waals surface area contributed by atoms with Crippen molar-refractivity contribution in [2.24, 2.45) is 0 Å². The summed E-state index contributed by atoms with van der Waals surface area (Å²) < 4.78 is 0. The molecule has 0 aliphatic carbocycles. The molecule has 0 spiro atoms. The summed E-state index contributed by atoms with van der Waals surface area (Å²) in [7, 11) is 0. The Hall–Kier alpha value is -0.772. The quantitative estimate of drug-likeness (QED) is 0.276. The molecule has 2 radical (unpaired) electrons. The standard InChI is InChI=1S/C11H9ClN.C11H8NO2.2Y/c1-8-6-9(7-12)10-4-2-3-5-11(10)13-8;1-7-6-9(11(13)14)8-4-2-3-5-10(8)12-7;;/h3-6H,7H2,1H3;3-6H,1H3,(H,13,14);;/q2*-1;;. The van der Waals surface area contributed by atoms with E-state index in [9.17, 15) is 4.79 Å². The number of hydrogen-bond acceptors (Lipinski definition) is 3. The number of hydrogen-bond donors (Lipinski definition) is 1. The van der Waals surface area contributed by atoms with Crippen LogP contribution in [0.2, 0.25) is 0 Å². The van der Waals surface area contributed by atoms with Gasteiger partial charge in [-0.05, 0) is 37.0 Å². The van der Waals surface area contributed by atoms with Gasteiger partial charge in [0.1, 0.15) is 0 Å². The fraction of sp³-hybridized carbons (Fsp3) is 0.136. The van der Waals surface area contributed by atoms with Gasteiger partial charge < -0.3 is 5.11 Å². The first kappa shape index (κ1) is 26.3. The monoisotopic (exact) mass is 554 g/mol. The predicted molar refractivity (Wildman–Crippen MR) is 107 cm³/mol. The van der Waals surface area contributed by atoms with Gasteiger partial charge >= 0.3 is 5.97 Å². The fourth-order valence-electron chi connectivity index (χ4n) is 2.86. The van der Waals surface area contributed by atoms with Gasteiger partial charge in [-0.15, -0.1) is 29.1 Å². The molecule has 0 saturated heterocycles. The molecule has 0 bridgehead atoms. The number of alkyl halides is 1. The number of halogens is 1. The third kappa shape index (κ3) is 6.60. The Morgan fingerprint density at radius 1 is 0.966 bits per heavy atom. The van der Waals surface area contributed by atoms with Crippen LogP contribution in [0.15, 0.2) is 48.5 Å². The summed E-state index contributed by atoms with van der Waals surface area (Å²) in [6.07, 6.45) is 0. The summed E-state index contributed by atoms with van der Waals surface area (Å²) in [5, 5.41) is 10.7. The molecule has 7 heteroatoms. The van der Waals surface area contributed by atoms with Crippen molar-refractivity contribution in [1.82, 2.24) is 9.97 Å². The zero-order chi connectivity index (χ0) is 19.4. The van der Waals surface area contributed by atoms with Crippen LogP contribution in [0.5, 0.6) is 0 Å². The molecule has 0 fully saturated rings. The van der Waals surface area contributed by atoms with E-state index in [1.807, 2.05) is 31.2 Å². The number of aromatic nitrogens is 2. The average molecular weight is 555 g/mol. The van der Waals surface area contributed by atoms with Crippen molar-refractivity contribution < 1.29 is 75.3 Å². The molecule has 4 rings (SSSR count). The first-order chi connectivity index (χ1) is 13.0. The third-order valence-electron chi connectivity index (χ3n) is 4.02. The van der Waals surface area contributed by atoms with E-state index in [4.69, 9.17) is 16.7 Å². The average Bonchev–Trinajstić information content (AvgIpc) is 2.67. The first-order valence-electron chi connectivity index (χ1n) is 8.32. The molecule has 0 amide bonds. The number of benzene rings is 2. The molecular formula is C22H17ClN2O2Y2-2. The minimum Gasteiger partial charge on any atom is -0.478 e. The van der Waals surface area contributed by atoms with Crippen LogP contribution < -0.4 is 0 Å². The molecule has 29 heavy (non-hydrogen) atoms. The normalized spacial score (nSPS) is 9.76. The Labute approximate surface area is 225 Å². The van der Waals surface area contributed by atoms with E-state index in [1.165, 1.54) is 0 Å². The number of carbonyl (C=O) groups is 1. The minimum absolute atomic E-state index is 0. The number of fused-ring (bicyclic) bond motifs is 2. The van der Waals surface area contributed by atoms with Crippen molar-refractivity contribution in [1.29, 1.82) is 0 Å². The van der Waals surface area contributed by atoms with E-state index < -0.39 is 5.97 Å². The first-order valence-corrected chi connectivity index (χ1v) is 8.86. The maximum Gasteiger partial charge on any atom is 0.323 e. The maximum absolute atomic E-state index is 10.9. The van der Waals surface area contributed by atoms with Crippen molar-refractivity contribution in [2.75, 3.05) is 0 Å². The summed E-state index contributed by atoms with van der Waals surface area (Å²) in [5.41, 5.74) is 4.82. The fourth-order valence-corrected chi connectivity index (χ4v) is 3.08. The Bertz CT molecular complexity index is 1140. The van der Waals surface area contributed by atoms with Gasteiger partial charge in [0.2, 0.25) is 0 Å². The van der Waals surface area contributed by atoms with Crippen LogP contribution in [0.3, 0.4) is 0 Å². The largest absolute Gasteiger partial charge is 0.478 e. The van der Waals surface area contributed by atoms with Crippen LogP contribution >= 0.6 is 11.6 Å². The summed E-state index contributed by atoms with van der Waals surface area (Å²) in [4.78, 5) is 19.6. The molecule has 2 aromatic carbocycles. The topological polar surface area (TPSA) is 63.1 Å². The number of aryl methyl sites for hydroxylation is 2. The van der Waals surface area contributed by atoms with E-state index in [1.54, 1.807) is 31.2 Å². The van der Waals surface area contributed by atoms with Crippen molar-refractivity contribution in [2.45, 2.75) is 19.7 Å². The smallest absolute Gasteiger partial charge is 0.323 e. The molecule has 0 aliphatic heterocycles. The van der Waals surface area contributed by atoms with E-state index in [0.29, 0.717) is 22.5 Å². The second kappa shape index (κ2) is 12.2. The van der Waals surface area contributed by atoms with E-state index >= 15 is 0 Å². The van der Waals surface area contributed by atoms with Gasteiger partial charge in [0.25, 0.3) is 0 Å². The van der Waals surface area contributed by atoms with Crippen LogP contribution in [0.1, 0.15) is 27.3 Å². The van der Waals surface area contributed by atoms with Crippen LogP contribution in [0.4, 0.5) is 0 Å². The van der Waals surface area contributed by atoms with Crippen LogP contribution in [0, 0.1) is 26.0 Å². The molecule has 142 valence electrons. The minimum atomic E-state index is -0.930. The second-order valence-corrected chi connectivity index (χ2v) is 6.33. The molecule has 0 unspecified atom stereocenters. The Balaban J connectivity index is 0.000000272. The van der Waals surface area contributed by atoms with E-state index in [2.05, 4.69) is 22.1 Å². The molecular weight excluding hydrogens is 538 g/mol. The molecule has 1 N–H and O–H groups in total. The number of nitrogens with zero attached hydrogens (tertiary/aromatic N) is 2. The second-order valence-electron chi connectivity index (χ2n) is 6.06. The van der Waals surface area contributed by atoms with Gasteiger partial charge in [-0.25, -0.2) is 4.79 Å². The van der Waals surface area contributed by atoms with Gasteiger partial charge in [-0.3, -0.25) is 9.97 Å². The molecule has 4 nitrogen and oxygen atoms in total.